The van der Waals surface area contributed by atoms with E-state index >= 15 is 0 Å². The Labute approximate surface area is 301 Å². The molecule has 0 atom stereocenters. The fourth-order valence-corrected chi connectivity index (χ4v) is 10.0. The average molecular weight is 717 g/mol. The maximum absolute atomic E-state index is 14.2. The van der Waals surface area contributed by atoms with Gasteiger partial charge in [-0.25, -0.2) is 16.8 Å². The van der Waals surface area contributed by atoms with Gasteiger partial charge in [0.25, 0.3) is 0 Å². The van der Waals surface area contributed by atoms with Crippen LogP contribution in [0.25, 0.3) is 55.0 Å². The van der Waals surface area contributed by atoms with Crippen LogP contribution < -0.4 is 0 Å². The first kappa shape index (κ1) is 32.0. The van der Waals surface area contributed by atoms with Gasteiger partial charge in [-0.15, -0.1) is 0 Å². The summed E-state index contributed by atoms with van der Waals surface area (Å²) in [7, 11) is -8.21. The molecule has 0 N–H and O–H groups in total. The highest BCUT2D eigenvalue weighted by atomic mass is 32.2. The first-order valence-corrected chi connectivity index (χ1v) is 19.9. The van der Waals surface area contributed by atoms with Gasteiger partial charge in [0.15, 0.2) is 0 Å². The minimum atomic E-state index is -4.11. The van der Waals surface area contributed by atoms with Crippen LogP contribution in [0.3, 0.4) is 0 Å². The van der Waals surface area contributed by atoms with E-state index in [2.05, 4.69) is 53.1 Å². The number of hydrogen-bond acceptors (Lipinski definition) is 4. The van der Waals surface area contributed by atoms with E-state index in [0.717, 1.165) is 60.4 Å². The lowest BCUT2D eigenvalue weighted by Crippen LogP contribution is -2.09. The van der Waals surface area contributed by atoms with E-state index in [4.69, 9.17) is 0 Å². The molecular weight excluding hydrogens is 685 g/mol. The largest absolute Gasteiger partial charge is 0.309 e. The predicted molar refractivity (Wildman–Crippen MR) is 208 cm³/mol. The highest BCUT2D eigenvalue weighted by Crippen LogP contribution is 2.38. The van der Waals surface area contributed by atoms with E-state index in [1.807, 2.05) is 60.9 Å². The Morgan fingerprint density at radius 3 is 1.19 bits per heavy atom. The average Bonchev–Trinajstić information content (AvgIpc) is 3.68. The summed E-state index contributed by atoms with van der Waals surface area (Å²) in [6, 6.07) is 48.5. The van der Waals surface area contributed by atoms with Crippen LogP contribution in [0.1, 0.15) is 11.1 Å². The molecule has 0 unspecified atom stereocenters. The van der Waals surface area contributed by atoms with Crippen molar-refractivity contribution in [1.29, 1.82) is 0 Å². The molecular formula is C44H32N2O4S2. The number of nitrogens with zero attached hydrogens (tertiary/aromatic N) is 2. The second kappa shape index (κ2) is 11.8. The molecule has 0 spiro atoms. The Hall–Kier alpha value is -5.96. The third-order valence-corrected chi connectivity index (χ3v) is 13.4. The molecule has 0 fully saturated rings. The summed E-state index contributed by atoms with van der Waals surface area (Å²) in [6.45, 7) is 3.77. The number of sulfone groups is 2. The lowest BCUT2D eigenvalue weighted by molar-refractivity contribution is 0.594. The number of rotatable bonds is 6. The van der Waals surface area contributed by atoms with E-state index < -0.39 is 19.7 Å². The molecule has 254 valence electrons. The van der Waals surface area contributed by atoms with Crippen molar-refractivity contribution in [3.63, 3.8) is 0 Å². The van der Waals surface area contributed by atoms with Gasteiger partial charge in [0.1, 0.15) is 0 Å². The molecule has 0 aliphatic rings. The number of fused-ring (bicyclic) bond motifs is 6. The molecule has 0 radical (unpaired) electrons. The van der Waals surface area contributed by atoms with Crippen molar-refractivity contribution in [3.05, 3.63) is 169 Å². The Morgan fingerprint density at radius 1 is 0.346 bits per heavy atom. The van der Waals surface area contributed by atoms with E-state index in [0.29, 0.717) is 5.69 Å². The molecule has 0 saturated heterocycles. The van der Waals surface area contributed by atoms with Gasteiger partial charge in [0.05, 0.1) is 41.6 Å². The SMILES string of the molecule is Cc1ccc(S(=O)(=O)c2cc(-n3c4ccccc4c4cc(-n5c6ccccc6c6ccccc65)ccc43)cc(S(=O)(=O)c3ccc(C)cc3)c2)cc1. The molecule has 9 aromatic rings. The monoisotopic (exact) mass is 716 g/mol. The van der Waals surface area contributed by atoms with Crippen LogP contribution >= 0.6 is 0 Å². The quantitative estimate of drug-likeness (QED) is 0.172. The molecule has 7 aromatic carbocycles. The zero-order valence-electron chi connectivity index (χ0n) is 28.4. The van der Waals surface area contributed by atoms with Gasteiger partial charge in [0, 0.05) is 32.9 Å². The van der Waals surface area contributed by atoms with Crippen molar-refractivity contribution < 1.29 is 16.8 Å². The van der Waals surface area contributed by atoms with Gasteiger partial charge in [0.2, 0.25) is 19.7 Å². The third kappa shape index (κ3) is 4.98. The zero-order valence-corrected chi connectivity index (χ0v) is 30.0. The molecule has 0 saturated carbocycles. The van der Waals surface area contributed by atoms with Gasteiger partial charge in [-0.1, -0.05) is 90.0 Å². The number of hydrogen-bond donors (Lipinski definition) is 0. The van der Waals surface area contributed by atoms with Gasteiger partial charge in [-0.05, 0) is 92.7 Å². The van der Waals surface area contributed by atoms with Gasteiger partial charge >= 0.3 is 0 Å². The number of aromatic nitrogens is 2. The van der Waals surface area contributed by atoms with Crippen molar-refractivity contribution in [2.45, 2.75) is 33.4 Å². The van der Waals surface area contributed by atoms with E-state index in [1.165, 1.54) is 6.07 Å². The molecule has 8 heteroatoms. The summed E-state index contributed by atoms with van der Waals surface area (Å²) >= 11 is 0. The lowest BCUT2D eigenvalue weighted by Gasteiger charge is -2.15. The summed E-state index contributed by atoms with van der Waals surface area (Å²) < 4.78 is 61.2. The van der Waals surface area contributed by atoms with Crippen molar-refractivity contribution in [2.24, 2.45) is 0 Å². The zero-order chi connectivity index (χ0) is 35.8. The van der Waals surface area contributed by atoms with Crippen molar-refractivity contribution in [1.82, 2.24) is 9.13 Å². The molecule has 0 aliphatic heterocycles. The Morgan fingerprint density at radius 2 is 0.731 bits per heavy atom. The van der Waals surface area contributed by atoms with Crippen LogP contribution in [0.15, 0.2) is 177 Å². The fourth-order valence-electron chi connectivity index (χ4n) is 7.28. The second-order valence-corrected chi connectivity index (χ2v) is 17.1. The van der Waals surface area contributed by atoms with E-state index in [9.17, 15) is 16.8 Å². The van der Waals surface area contributed by atoms with Gasteiger partial charge < -0.3 is 9.13 Å². The summed E-state index contributed by atoms with van der Waals surface area (Å²) in [5.74, 6) is 0. The standard InChI is InChI=1S/C44H32N2O4S2/c1-29-15-20-33(21-16-29)51(47,48)35-25-32(26-36(28-35)52(49,50)34-22-17-30(2)18-23-34)46-43-14-8-5-11-39(43)40-27-31(19-24-44(40)46)45-41-12-6-3-9-37(41)38-10-4-7-13-42(38)45/h3-28H,1-2H3. The van der Waals surface area contributed by atoms with Crippen LogP contribution in [0.5, 0.6) is 0 Å². The molecule has 52 heavy (non-hydrogen) atoms. The van der Waals surface area contributed by atoms with Gasteiger partial charge in [-0.2, -0.15) is 0 Å². The maximum Gasteiger partial charge on any atom is 0.206 e. The first-order valence-electron chi connectivity index (χ1n) is 16.9. The number of para-hydroxylation sites is 3. The van der Waals surface area contributed by atoms with Crippen LogP contribution in [0.4, 0.5) is 0 Å². The third-order valence-electron chi connectivity index (χ3n) is 9.90. The summed E-state index contributed by atoms with van der Waals surface area (Å²) in [6.07, 6.45) is 0. The van der Waals surface area contributed by atoms with Crippen molar-refractivity contribution >= 4 is 63.3 Å². The molecule has 2 heterocycles. The highest BCUT2D eigenvalue weighted by molar-refractivity contribution is 7.92. The Kier molecular flexibility index (Phi) is 7.26. The molecule has 0 bridgehead atoms. The van der Waals surface area contributed by atoms with E-state index in [1.54, 1.807) is 60.7 Å². The minimum absolute atomic E-state index is 0.0898. The molecule has 0 aliphatic carbocycles. The van der Waals surface area contributed by atoms with Crippen LogP contribution in [0, 0.1) is 13.8 Å². The maximum atomic E-state index is 14.2. The van der Waals surface area contributed by atoms with Crippen LogP contribution in [-0.2, 0) is 19.7 Å². The normalized spacial score (nSPS) is 12.3. The molecule has 9 rings (SSSR count). The minimum Gasteiger partial charge on any atom is -0.309 e. The van der Waals surface area contributed by atoms with Gasteiger partial charge in [-0.3, -0.25) is 0 Å². The summed E-state index contributed by atoms with van der Waals surface area (Å²) in [4.78, 5) is -0.0290. The van der Waals surface area contributed by atoms with Crippen molar-refractivity contribution in [2.75, 3.05) is 0 Å². The highest BCUT2D eigenvalue weighted by Gasteiger charge is 2.26. The van der Waals surface area contributed by atoms with Crippen molar-refractivity contribution in [3.8, 4) is 11.4 Å². The summed E-state index contributed by atoms with van der Waals surface area (Å²) in [5.41, 5.74) is 7.05. The molecule has 6 nitrogen and oxygen atoms in total. The first-order chi connectivity index (χ1) is 25.1. The fraction of sp³-hybridized carbons (Fsp3) is 0.0455. The Bertz CT molecular complexity index is 2960. The van der Waals surface area contributed by atoms with Crippen LogP contribution in [-0.4, -0.2) is 26.0 Å². The second-order valence-electron chi connectivity index (χ2n) is 13.2. The Balaban J connectivity index is 1.32. The smallest absolute Gasteiger partial charge is 0.206 e. The van der Waals surface area contributed by atoms with Crippen LogP contribution in [0.2, 0.25) is 0 Å². The molecule has 0 amide bonds. The van der Waals surface area contributed by atoms with E-state index in [-0.39, 0.29) is 19.6 Å². The number of benzene rings is 7. The predicted octanol–water partition coefficient (Wildman–Crippen LogP) is 10.2. The summed E-state index contributed by atoms with van der Waals surface area (Å²) in [5, 5.41) is 4.23. The topological polar surface area (TPSA) is 78.1 Å². The molecule has 2 aromatic heterocycles. The number of aryl methyl sites for hydroxylation is 2. The lowest BCUT2D eigenvalue weighted by atomic mass is 10.1.